The van der Waals surface area contributed by atoms with Gasteiger partial charge in [-0.1, -0.05) is 48.0 Å². The van der Waals surface area contributed by atoms with Crippen LogP contribution in [0.5, 0.6) is 0 Å². The average Bonchev–Trinajstić information content (AvgIpc) is 3.60. The zero-order valence-corrected chi connectivity index (χ0v) is 21.9. The lowest BCUT2D eigenvalue weighted by Gasteiger charge is -2.17. The van der Waals surface area contributed by atoms with Gasteiger partial charge in [0.05, 0.1) is 51.5 Å². The molecule has 4 heterocycles. The van der Waals surface area contributed by atoms with E-state index >= 15 is 0 Å². The summed E-state index contributed by atoms with van der Waals surface area (Å²) < 4.78 is 33.3. The lowest BCUT2D eigenvalue weighted by atomic mass is 10.0. The van der Waals surface area contributed by atoms with Gasteiger partial charge in [0.2, 0.25) is 6.19 Å². The van der Waals surface area contributed by atoms with Gasteiger partial charge in [0.15, 0.2) is 12.0 Å². The van der Waals surface area contributed by atoms with Crippen molar-refractivity contribution >= 4 is 32.9 Å². The number of ether oxygens (including phenoxy) is 3. The molecule has 2 fully saturated rings. The van der Waals surface area contributed by atoms with E-state index in [9.17, 15) is 9.32 Å². The summed E-state index contributed by atoms with van der Waals surface area (Å²) in [4.78, 5) is 9.86. The maximum atomic E-state index is 12.5. The van der Waals surface area contributed by atoms with Gasteiger partial charge in [-0.2, -0.15) is 5.26 Å². The normalized spacial score (nSPS) is 25.2. The Bertz CT molecular complexity index is 1590. The number of pyridine rings is 1. The molecule has 9 nitrogen and oxygen atoms in total. The summed E-state index contributed by atoms with van der Waals surface area (Å²) in [5.74, 6) is 0.525. The molecule has 11 heteroatoms. The van der Waals surface area contributed by atoms with Gasteiger partial charge in [-0.05, 0) is 29.3 Å². The van der Waals surface area contributed by atoms with Gasteiger partial charge in [-0.15, -0.1) is 4.36 Å². The Morgan fingerprint density at radius 2 is 1.74 bits per heavy atom. The molecule has 3 aliphatic rings. The number of aliphatic hydroxyl groups excluding tert-OH is 1. The third kappa shape index (κ3) is 4.57. The highest BCUT2D eigenvalue weighted by Crippen LogP contribution is 2.37. The number of rotatable bonds is 4. The SMILES string of the molecule is CS(=O)(=NC#N)c1ccc(-c2ccc(-c3nc4c(cc3Cl)N=C(O[C@@H]3CO[C@H]5[C@@H]3OC[C@H]5O)C4)cc2)cc1. The Morgan fingerprint density at radius 1 is 1.08 bits per heavy atom. The second kappa shape index (κ2) is 9.76. The van der Waals surface area contributed by atoms with E-state index in [0.29, 0.717) is 40.2 Å². The van der Waals surface area contributed by atoms with Crippen molar-refractivity contribution in [2.75, 3.05) is 19.5 Å². The van der Waals surface area contributed by atoms with Gasteiger partial charge in [0, 0.05) is 16.7 Å². The molecule has 2 aromatic carbocycles. The number of nitrogens with zero attached hydrogens (tertiary/aromatic N) is 4. The molecular weight excluding hydrogens is 528 g/mol. The third-order valence-electron chi connectivity index (χ3n) is 6.86. The first-order valence-corrected chi connectivity index (χ1v) is 14.3. The van der Waals surface area contributed by atoms with Crippen molar-refractivity contribution < 1.29 is 23.5 Å². The van der Waals surface area contributed by atoms with E-state index in [1.165, 1.54) is 6.26 Å². The summed E-state index contributed by atoms with van der Waals surface area (Å²) in [5, 5.41) is 19.2. The van der Waals surface area contributed by atoms with Crippen molar-refractivity contribution in [1.29, 1.82) is 5.26 Å². The zero-order chi connectivity index (χ0) is 26.4. The van der Waals surface area contributed by atoms with Crippen molar-refractivity contribution in [2.24, 2.45) is 9.36 Å². The minimum absolute atomic E-state index is 0.242. The molecule has 0 bridgehead atoms. The number of aliphatic imine (C=N–C) groups is 1. The minimum Gasteiger partial charge on any atom is -0.472 e. The lowest BCUT2D eigenvalue weighted by molar-refractivity contribution is 0.00558. The molecule has 3 aliphatic heterocycles. The molecule has 194 valence electrons. The Labute approximate surface area is 224 Å². The number of halogens is 1. The predicted molar refractivity (Wildman–Crippen MR) is 142 cm³/mol. The fourth-order valence-corrected chi connectivity index (χ4v) is 6.06. The van der Waals surface area contributed by atoms with Crippen LogP contribution in [0.3, 0.4) is 0 Å². The molecule has 0 spiro atoms. The first-order chi connectivity index (χ1) is 18.3. The number of fused-ring (bicyclic) bond motifs is 2. The molecule has 0 radical (unpaired) electrons. The second-order valence-electron chi connectivity index (χ2n) is 9.38. The summed E-state index contributed by atoms with van der Waals surface area (Å²) in [5.41, 5.74) is 4.86. The van der Waals surface area contributed by atoms with Gasteiger partial charge in [0.25, 0.3) is 0 Å². The van der Waals surface area contributed by atoms with E-state index < -0.39 is 15.8 Å². The summed E-state index contributed by atoms with van der Waals surface area (Å²) in [6.45, 7) is 0.578. The standard InChI is InChI=1S/C27H23ClN4O5S/c1-38(34,30-14-29)18-8-6-16(7-9-18)15-2-4-17(5-3-15)25-19(28)10-20-21(32-25)11-24(31-20)37-23-13-36-26-22(33)12-35-27(23)26/h2-10,22-23,26-27,33H,11-13H2,1H3/t22-,23-,26-,27-,38?/m1/s1. The van der Waals surface area contributed by atoms with Crippen LogP contribution in [-0.2, 0) is 30.4 Å². The number of aliphatic hydroxyl groups is 1. The Morgan fingerprint density at radius 3 is 2.45 bits per heavy atom. The van der Waals surface area contributed by atoms with Crippen molar-refractivity contribution in [1.82, 2.24) is 4.98 Å². The smallest absolute Gasteiger partial charge is 0.214 e. The zero-order valence-electron chi connectivity index (χ0n) is 20.3. The Balaban J connectivity index is 1.17. The molecule has 0 amide bonds. The number of aromatic nitrogens is 1. The molecule has 1 N–H and O–H groups in total. The van der Waals surface area contributed by atoms with Crippen molar-refractivity contribution in [3.63, 3.8) is 0 Å². The van der Waals surface area contributed by atoms with E-state index in [-0.39, 0.29) is 24.9 Å². The fourth-order valence-electron chi connectivity index (χ4n) is 4.90. The summed E-state index contributed by atoms with van der Waals surface area (Å²) in [7, 11) is -2.73. The first-order valence-electron chi connectivity index (χ1n) is 12.0. The van der Waals surface area contributed by atoms with Gasteiger partial charge in [-0.3, -0.25) is 0 Å². The van der Waals surface area contributed by atoms with Crippen LogP contribution in [0.15, 0.2) is 68.8 Å². The first kappa shape index (κ1) is 25.0. The highest BCUT2D eigenvalue weighted by atomic mass is 35.5. The van der Waals surface area contributed by atoms with Crippen molar-refractivity contribution in [2.45, 2.75) is 35.7 Å². The molecule has 5 atom stereocenters. The topological polar surface area (TPSA) is 126 Å². The molecule has 38 heavy (non-hydrogen) atoms. The largest absolute Gasteiger partial charge is 0.472 e. The highest BCUT2D eigenvalue weighted by Gasteiger charge is 2.49. The van der Waals surface area contributed by atoms with Gasteiger partial charge >= 0.3 is 0 Å². The quantitative estimate of drug-likeness (QED) is 0.484. The fraction of sp³-hybridized carbons (Fsp3) is 0.296. The second-order valence-corrected chi connectivity index (χ2v) is 12.0. The van der Waals surface area contributed by atoms with E-state index in [1.54, 1.807) is 24.4 Å². The maximum Gasteiger partial charge on any atom is 0.214 e. The Kier molecular flexibility index (Phi) is 6.42. The number of hydrogen-bond donors (Lipinski definition) is 1. The van der Waals surface area contributed by atoms with Crippen LogP contribution in [0, 0.1) is 11.5 Å². The molecule has 3 aromatic rings. The van der Waals surface area contributed by atoms with E-state index in [1.807, 2.05) is 36.4 Å². The van der Waals surface area contributed by atoms with Crippen LogP contribution in [0.2, 0.25) is 5.02 Å². The van der Waals surface area contributed by atoms with Crippen LogP contribution >= 0.6 is 11.6 Å². The van der Waals surface area contributed by atoms with Crippen LogP contribution < -0.4 is 0 Å². The minimum atomic E-state index is -2.73. The van der Waals surface area contributed by atoms with Gasteiger partial charge in [-0.25, -0.2) is 14.2 Å². The van der Waals surface area contributed by atoms with E-state index in [0.717, 1.165) is 22.4 Å². The number of nitriles is 1. The van der Waals surface area contributed by atoms with Crippen LogP contribution in [0.1, 0.15) is 5.69 Å². The van der Waals surface area contributed by atoms with E-state index in [4.69, 9.17) is 36.1 Å². The molecule has 1 unspecified atom stereocenters. The molecule has 0 saturated carbocycles. The molecule has 0 aliphatic carbocycles. The molecule has 2 saturated heterocycles. The Hall–Kier alpha value is -3.33. The van der Waals surface area contributed by atoms with Gasteiger partial charge < -0.3 is 19.3 Å². The third-order valence-corrected chi connectivity index (χ3v) is 8.73. The molecular formula is C27H23ClN4O5S. The van der Waals surface area contributed by atoms with Crippen LogP contribution in [0.25, 0.3) is 22.4 Å². The molecule has 6 rings (SSSR count). The maximum absolute atomic E-state index is 12.5. The van der Waals surface area contributed by atoms with Gasteiger partial charge in [0.1, 0.15) is 18.3 Å². The lowest BCUT2D eigenvalue weighted by Crippen LogP contribution is -2.34. The predicted octanol–water partition coefficient (Wildman–Crippen LogP) is 4.14. The van der Waals surface area contributed by atoms with Crippen molar-refractivity contribution in [3.05, 3.63) is 65.3 Å². The average molecular weight is 551 g/mol. The highest BCUT2D eigenvalue weighted by molar-refractivity contribution is 7.93. The summed E-state index contributed by atoms with van der Waals surface area (Å²) in [6, 6.07) is 16.8. The van der Waals surface area contributed by atoms with Crippen LogP contribution in [0.4, 0.5) is 5.69 Å². The van der Waals surface area contributed by atoms with E-state index in [2.05, 4.69) is 9.36 Å². The number of benzene rings is 2. The summed E-state index contributed by atoms with van der Waals surface area (Å²) >= 11 is 6.59. The summed E-state index contributed by atoms with van der Waals surface area (Å²) in [6.07, 6.45) is 1.86. The number of hydrogen-bond acceptors (Lipinski definition) is 9. The molecule has 1 aromatic heterocycles. The monoisotopic (exact) mass is 550 g/mol. The van der Waals surface area contributed by atoms with Crippen LogP contribution in [-0.4, -0.2) is 64.1 Å². The van der Waals surface area contributed by atoms with Crippen molar-refractivity contribution in [3.8, 4) is 28.6 Å².